The van der Waals surface area contributed by atoms with Gasteiger partial charge in [0.15, 0.2) is 0 Å². The fourth-order valence-corrected chi connectivity index (χ4v) is 8.61. The largest absolute Gasteiger partial charge is 0.417 e. The SMILES string of the molecule is N#Cc1cccc(-c2ccc3c(c2)c2ccccc2n3-c2ccc(C#N)cc2-c2c(-n3c4ccccc4c4cc(-c5cccc(C#N)c5)ccc43)cccc2C(F)(F)F)c1. The van der Waals surface area contributed by atoms with Crippen LogP contribution in [0, 0.1) is 34.0 Å². The number of halogens is 3. The minimum atomic E-state index is -4.77. The Morgan fingerprint density at radius 3 is 1.38 bits per heavy atom. The third-order valence-corrected chi connectivity index (χ3v) is 11.2. The molecule has 8 aromatic carbocycles. The van der Waals surface area contributed by atoms with Gasteiger partial charge in [0.2, 0.25) is 0 Å². The molecular weight excluding hydrogens is 752 g/mol. The van der Waals surface area contributed by atoms with Gasteiger partial charge in [-0.25, -0.2) is 0 Å². The van der Waals surface area contributed by atoms with Gasteiger partial charge in [-0.05, 0) is 113 Å². The second kappa shape index (κ2) is 13.9. The van der Waals surface area contributed by atoms with E-state index in [1.165, 1.54) is 6.07 Å². The fraction of sp³-hybridized carbons (Fsp3) is 0.0192. The van der Waals surface area contributed by atoms with Crippen molar-refractivity contribution in [2.45, 2.75) is 6.18 Å². The van der Waals surface area contributed by atoms with Gasteiger partial charge >= 0.3 is 6.18 Å². The Labute approximate surface area is 341 Å². The summed E-state index contributed by atoms with van der Waals surface area (Å²) in [6.45, 7) is 0. The van der Waals surface area contributed by atoms with Crippen LogP contribution in [0.5, 0.6) is 0 Å². The smallest absolute Gasteiger partial charge is 0.309 e. The number of nitrogens with zero attached hydrogens (tertiary/aromatic N) is 5. The Balaban J connectivity index is 1.27. The third-order valence-electron chi connectivity index (χ3n) is 11.2. The first-order valence-corrected chi connectivity index (χ1v) is 19.1. The van der Waals surface area contributed by atoms with Crippen molar-refractivity contribution in [2.24, 2.45) is 0 Å². The zero-order valence-corrected chi connectivity index (χ0v) is 31.5. The van der Waals surface area contributed by atoms with E-state index in [1.54, 1.807) is 36.4 Å². The number of fused-ring (bicyclic) bond motifs is 6. The van der Waals surface area contributed by atoms with Crippen LogP contribution in [0.25, 0.3) is 88.4 Å². The summed E-state index contributed by atoms with van der Waals surface area (Å²) >= 11 is 0. The maximum Gasteiger partial charge on any atom is 0.417 e. The molecule has 60 heavy (non-hydrogen) atoms. The van der Waals surface area contributed by atoms with Crippen LogP contribution in [0.3, 0.4) is 0 Å². The van der Waals surface area contributed by atoms with Crippen molar-refractivity contribution >= 4 is 43.6 Å². The normalized spacial score (nSPS) is 11.5. The van der Waals surface area contributed by atoms with Gasteiger partial charge in [0, 0.05) is 32.7 Å². The van der Waals surface area contributed by atoms with Gasteiger partial charge in [-0.2, -0.15) is 29.0 Å². The quantitative estimate of drug-likeness (QED) is 0.174. The molecule has 5 nitrogen and oxygen atoms in total. The van der Waals surface area contributed by atoms with Gasteiger partial charge in [-0.1, -0.05) is 78.9 Å². The lowest BCUT2D eigenvalue weighted by atomic mass is 9.93. The number of hydrogen-bond donors (Lipinski definition) is 0. The van der Waals surface area contributed by atoms with E-state index in [1.807, 2.05) is 130 Å². The second-order valence-electron chi connectivity index (χ2n) is 14.6. The zero-order valence-electron chi connectivity index (χ0n) is 31.5. The molecule has 2 heterocycles. The molecule has 0 unspecified atom stereocenters. The molecule has 0 spiro atoms. The van der Waals surface area contributed by atoms with E-state index in [-0.39, 0.29) is 16.7 Å². The minimum absolute atomic E-state index is 0.0681. The molecule has 10 rings (SSSR count). The first kappa shape index (κ1) is 36.0. The zero-order chi connectivity index (χ0) is 41.1. The van der Waals surface area contributed by atoms with Crippen molar-refractivity contribution in [1.29, 1.82) is 15.8 Å². The second-order valence-corrected chi connectivity index (χ2v) is 14.6. The number of para-hydroxylation sites is 2. The van der Waals surface area contributed by atoms with Crippen LogP contribution in [-0.4, -0.2) is 9.13 Å². The average Bonchev–Trinajstić information content (AvgIpc) is 3.80. The van der Waals surface area contributed by atoms with Crippen molar-refractivity contribution in [3.8, 4) is 63.0 Å². The highest BCUT2D eigenvalue weighted by molar-refractivity contribution is 6.13. The van der Waals surface area contributed by atoms with E-state index in [2.05, 4.69) is 18.2 Å². The van der Waals surface area contributed by atoms with E-state index < -0.39 is 11.7 Å². The molecule has 10 aromatic rings. The van der Waals surface area contributed by atoms with Gasteiger partial charge in [-0.15, -0.1) is 0 Å². The van der Waals surface area contributed by atoms with Gasteiger partial charge in [0.05, 0.1) is 73.9 Å². The van der Waals surface area contributed by atoms with Crippen molar-refractivity contribution in [3.63, 3.8) is 0 Å². The minimum Gasteiger partial charge on any atom is -0.309 e. The topological polar surface area (TPSA) is 81.2 Å². The van der Waals surface area contributed by atoms with Crippen LogP contribution in [0.1, 0.15) is 22.3 Å². The van der Waals surface area contributed by atoms with Gasteiger partial charge in [-0.3, -0.25) is 0 Å². The van der Waals surface area contributed by atoms with Crippen LogP contribution >= 0.6 is 0 Å². The summed E-state index contributed by atoms with van der Waals surface area (Å²) in [4.78, 5) is 0. The number of alkyl halides is 3. The molecule has 282 valence electrons. The molecule has 0 amide bonds. The summed E-state index contributed by atoms with van der Waals surface area (Å²) in [5.41, 5.74) is 7.77. The third kappa shape index (κ3) is 5.77. The Morgan fingerprint density at radius 1 is 0.383 bits per heavy atom. The molecule has 0 aliphatic heterocycles. The molecule has 0 aliphatic rings. The standard InChI is InChI=1S/C52H28F3N5/c53-52(54,55)44-14-7-17-50(60-46-16-4-2-13-40(46)42-28-38(20-23-48(42)60)36-11-6-9-33(25-36)30-57)51(44)43-26-34(31-58)18-21-49(43)59-45-15-3-1-12-39(45)41-27-37(19-22-47(41)59)35-10-5-8-32(24-35)29-56/h1-28H. The average molecular weight is 780 g/mol. The molecule has 8 heteroatoms. The van der Waals surface area contributed by atoms with Crippen LogP contribution in [0.15, 0.2) is 170 Å². The molecule has 2 aromatic heterocycles. The number of benzene rings is 8. The van der Waals surface area contributed by atoms with Crippen LogP contribution in [-0.2, 0) is 6.18 Å². The van der Waals surface area contributed by atoms with Gasteiger partial charge in [0.1, 0.15) is 0 Å². The summed E-state index contributed by atoms with van der Waals surface area (Å²) in [5, 5.41) is 32.8. The number of nitriles is 3. The number of hydrogen-bond acceptors (Lipinski definition) is 3. The maximum absolute atomic E-state index is 15.6. The first-order chi connectivity index (χ1) is 29.2. The highest BCUT2D eigenvalue weighted by Crippen LogP contribution is 2.47. The number of rotatable bonds is 5. The lowest BCUT2D eigenvalue weighted by molar-refractivity contribution is -0.137. The Kier molecular flexibility index (Phi) is 8.35. The first-order valence-electron chi connectivity index (χ1n) is 19.1. The van der Waals surface area contributed by atoms with Crippen molar-refractivity contribution in [2.75, 3.05) is 0 Å². The highest BCUT2D eigenvalue weighted by Gasteiger charge is 2.36. The molecule has 0 bridgehead atoms. The van der Waals surface area contributed by atoms with Gasteiger partial charge < -0.3 is 9.13 Å². The van der Waals surface area contributed by atoms with Crippen LogP contribution in [0.4, 0.5) is 13.2 Å². The van der Waals surface area contributed by atoms with Crippen LogP contribution in [0.2, 0.25) is 0 Å². The van der Waals surface area contributed by atoms with E-state index in [0.717, 1.165) is 60.9 Å². The monoisotopic (exact) mass is 779 g/mol. The lowest BCUT2D eigenvalue weighted by Gasteiger charge is -2.22. The van der Waals surface area contributed by atoms with E-state index >= 15 is 13.2 Å². The summed E-state index contributed by atoms with van der Waals surface area (Å²) in [6, 6.07) is 57.6. The molecule has 0 fully saturated rings. The lowest BCUT2D eigenvalue weighted by Crippen LogP contribution is -2.11. The molecule has 0 aliphatic carbocycles. The molecule has 0 radical (unpaired) electrons. The maximum atomic E-state index is 15.6. The Bertz CT molecular complexity index is 3530. The summed E-state index contributed by atoms with van der Waals surface area (Å²) in [5.74, 6) is 0. The Morgan fingerprint density at radius 2 is 0.850 bits per heavy atom. The molecule has 0 N–H and O–H groups in total. The molecular formula is C52H28F3N5. The van der Waals surface area contributed by atoms with Crippen LogP contribution < -0.4 is 0 Å². The Hall–Kier alpha value is -8.38. The predicted octanol–water partition coefficient (Wildman–Crippen LogP) is 13.5. The predicted molar refractivity (Wildman–Crippen MR) is 231 cm³/mol. The summed E-state index contributed by atoms with van der Waals surface area (Å²) < 4.78 is 50.6. The molecule has 0 saturated carbocycles. The highest BCUT2D eigenvalue weighted by atomic mass is 19.4. The molecule has 0 saturated heterocycles. The summed E-state index contributed by atoms with van der Waals surface area (Å²) in [6.07, 6.45) is -4.77. The van der Waals surface area contributed by atoms with Crippen molar-refractivity contribution in [1.82, 2.24) is 9.13 Å². The molecule has 0 atom stereocenters. The number of aromatic nitrogens is 2. The van der Waals surface area contributed by atoms with E-state index in [4.69, 9.17) is 0 Å². The van der Waals surface area contributed by atoms with Gasteiger partial charge in [0.25, 0.3) is 0 Å². The summed E-state index contributed by atoms with van der Waals surface area (Å²) in [7, 11) is 0. The fourth-order valence-electron chi connectivity index (χ4n) is 8.61. The van der Waals surface area contributed by atoms with Crippen molar-refractivity contribution < 1.29 is 13.2 Å². The van der Waals surface area contributed by atoms with Crippen molar-refractivity contribution in [3.05, 3.63) is 192 Å². The van der Waals surface area contributed by atoms with E-state index in [0.29, 0.717) is 33.5 Å². The van der Waals surface area contributed by atoms with E-state index in [9.17, 15) is 15.8 Å².